The number of anilines is 1. The Kier molecular flexibility index (Phi) is 5.96. The number of aromatic nitrogens is 4. The number of H-pyrrole nitrogens is 1. The molecule has 0 spiro atoms. The summed E-state index contributed by atoms with van der Waals surface area (Å²) in [5.74, 6) is -0.200. The highest BCUT2D eigenvalue weighted by Gasteiger charge is 2.34. The predicted octanol–water partition coefficient (Wildman–Crippen LogP) is 3.07. The number of alkyl halides is 3. The van der Waals surface area contributed by atoms with E-state index in [-0.39, 0.29) is 30.0 Å². The largest absolute Gasteiger partial charge is 0.433 e. The molecule has 0 atom stereocenters. The maximum Gasteiger partial charge on any atom is 0.433 e. The second-order valence-electron chi connectivity index (χ2n) is 7.93. The van der Waals surface area contributed by atoms with Gasteiger partial charge < -0.3 is 19.4 Å². The number of hydrogen-bond donors (Lipinski definition) is 1. The summed E-state index contributed by atoms with van der Waals surface area (Å²) in [6.07, 6.45) is 2.41. The predicted molar refractivity (Wildman–Crippen MR) is 117 cm³/mol. The van der Waals surface area contributed by atoms with Crippen LogP contribution in [0.2, 0.25) is 0 Å². The molecule has 1 aliphatic rings. The van der Waals surface area contributed by atoms with Gasteiger partial charge in [0.25, 0.3) is 11.5 Å². The van der Waals surface area contributed by atoms with Crippen molar-refractivity contribution in [3.63, 3.8) is 0 Å². The second-order valence-corrected chi connectivity index (χ2v) is 7.93. The lowest BCUT2D eigenvalue weighted by atomic mass is 10.0. The zero-order valence-corrected chi connectivity index (χ0v) is 18.0. The van der Waals surface area contributed by atoms with Crippen LogP contribution in [0.1, 0.15) is 28.9 Å². The Morgan fingerprint density at radius 2 is 2.06 bits per heavy atom. The van der Waals surface area contributed by atoms with Crippen LogP contribution >= 0.6 is 0 Å². The number of carbonyl (C=O) groups is 1. The Labute approximate surface area is 187 Å². The standard InChI is InChI=1S/C22H23F3N6O2/c1-3-10-31-13-16(15-4-8-26-18(15)20(31)33)19(32)29(2)14-6-11-30(12-7-14)21-27-9-5-17(28-21)22(23,24)25/h3-5,8-9,13-14,26H,1,6-7,10-12H2,2H3. The summed E-state index contributed by atoms with van der Waals surface area (Å²) < 4.78 is 40.3. The van der Waals surface area contributed by atoms with Crippen molar-refractivity contribution >= 4 is 22.8 Å². The average molecular weight is 460 g/mol. The minimum absolute atomic E-state index is 0.0304. The molecule has 3 aromatic heterocycles. The number of piperidine rings is 1. The van der Waals surface area contributed by atoms with E-state index in [1.807, 2.05) is 0 Å². The molecule has 0 aromatic carbocycles. The number of hydrogen-bond acceptors (Lipinski definition) is 5. The van der Waals surface area contributed by atoms with Gasteiger partial charge in [-0.2, -0.15) is 13.2 Å². The van der Waals surface area contributed by atoms with Gasteiger partial charge in [0.05, 0.1) is 5.56 Å². The third-order valence-electron chi connectivity index (χ3n) is 5.90. The number of nitrogens with zero attached hydrogens (tertiary/aromatic N) is 5. The minimum Gasteiger partial charge on any atom is -0.357 e. The van der Waals surface area contributed by atoms with E-state index in [4.69, 9.17) is 0 Å². The van der Waals surface area contributed by atoms with Crippen molar-refractivity contribution < 1.29 is 18.0 Å². The highest BCUT2D eigenvalue weighted by Crippen LogP contribution is 2.29. The van der Waals surface area contributed by atoms with E-state index in [9.17, 15) is 22.8 Å². The summed E-state index contributed by atoms with van der Waals surface area (Å²) >= 11 is 0. The minimum atomic E-state index is -4.53. The van der Waals surface area contributed by atoms with Crippen molar-refractivity contribution in [3.8, 4) is 0 Å². The number of halogens is 3. The lowest BCUT2D eigenvalue weighted by Gasteiger charge is -2.37. The summed E-state index contributed by atoms with van der Waals surface area (Å²) in [6, 6.07) is 2.42. The summed E-state index contributed by atoms with van der Waals surface area (Å²) in [4.78, 5) is 39.8. The lowest BCUT2D eigenvalue weighted by molar-refractivity contribution is -0.141. The van der Waals surface area contributed by atoms with Crippen LogP contribution in [0.15, 0.2) is 48.2 Å². The second kappa shape index (κ2) is 8.72. The van der Waals surface area contributed by atoms with Crippen molar-refractivity contribution in [2.45, 2.75) is 31.6 Å². The molecule has 4 heterocycles. The molecule has 8 nitrogen and oxygen atoms in total. The molecule has 0 bridgehead atoms. The van der Waals surface area contributed by atoms with Crippen LogP contribution in [0, 0.1) is 0 Å². The van der Waals surface area contributed by atoms with Crippen LogP contribution in [0.4, 0.5) is 19.1 Å². The molecule has 0 saturated carbocycles. The van der Waals surface area contributed by atoms with Gasteiger partial charge in [-0.3, -0.25) is 9.59 Å². The Balaban J connectivity index is 1.51. The van der Waals surface area contributed by atoms with Crippen molar-refractivity contribution in [3.05, 3.63) is 65.0 Å². The van der Waals surface area contributed by atoms with E-state index in [1.165, 1.54) is 4.57 Å². The number of nitrogens with one attached hydrogen (secondary N) is 1. The molecule has 0 aliphatic carbocycles. The summed E-state index contributed by atoms with van der Waals surface area (Å²) in [7, 11) is 1.70. The number of fused-ring (bicyclic) bond motifs is 1. The van der Waals surface area contributed by atoms with Gasteiger partial charge in [-0.1, -0.05) is 6.08 Å². The number of carbonyl (C=O) groups excluding carboxylic acids is 1. The number of pyridine rings is 1. The molecule has 1 aliphatic heterocycles. The molecule has 174 valence electrons. The third-order valence-corrected chi connectivity index (χ3v) is 5.90. The fraction of sp³-hybridized carbons (Fsp3) is 0.364. The fourth-order valence-corrected chi connectivity index (χ4v) is 4.11. The Hall–Kier alpha value is -3.63. The maximum absolute atomic E-state index is 13.3. The van der Waals surface area contributed by atoms with Crippen molar-refractivity contribution in [1.82, 2.24) is 24.4 Å². The Bertz CT molecular complexity index is 1240. The Morgan fingerprint density at radius 3 is 2.73 bits per heavy atom. The van der Waals surface area contributed by atoms with Crippen LogP contribution in [-0.4, -0.2) is 56.5 Å². The van der Waals surface area contributed by atoms with Crippen molar-refractivity contribution in [2.75, 3.05) is 25.0 Å². The van der Waals surface area contributed by atoms with Crippen molar-refractivity contribution in [1.29, 1.82) is 0 Å². The molecule has 0 radical (unpaired) electrons. The Morgan fingerprint density at radius 1 is 1.33 bits per heavy atom. The van der Waals surface area contributed by atoms with Crippen molar-refractivity contribution in [2.24, 2.45) is 0 Å². The van der Waals surface area contributed by atoms with Gasteiger partial charge in [0, 0.05) is 56.7 Å². The fourth-order valence-electron chi connectivity index (χ4n) is 4.11. The molecular formula is C22H23F3N6O2. The number of allylic oxidation sites excluding steroid dienone is 1. The lowest BCUT2D eigenvalue weighted by Crippen LogP contribution is -2.46. The summed E-state index contributed by atoms with van der Waals surface area (Å²) in [5.41, 5.74) is -0.456. The molecule has 4 rings (SSSR count). The molecule has 33 heavy (non-hydrogen) atoms. The third kappa shape index (κ3) is 4.35. The first-order valence-corrected chi connectivity index (χ1v) is 10.4. The number of aromatic amines is 1. The number of rotatable bonds is 5. The zero-order valence-electron chi connectivity index (χ0n) is 18.0. The van der Waals surface area contributed by atoms with Crippen LogP contribution in [0.25, 0.3) is 10.9 Å². The normalized spacial score (nSPS) is 15.1. The van der Waals surface area contributed by atoms with Gasteiger partial charge >= 0.3 is 6.18 Å². The van der Waals surface area contributed by atoms with Crippen LogP contribution in [0.5, 0.6) is 0 Å². The highest BCUT2D eigenvalue weighted by molar-refractivity contribution is 6.05. The molecule has 3 aromatic rings. The van der Waals surface area contributed by atoms with E-state index in [1.54, 1.807) is 41.4 Å². The van der Waals surface area contributed by atoms with Gasteiger partial charge in [0.2, 0.25) is 5.95 Å². The van der Waals surface area contributed by atoms with Crippen LogP contribution in [-0.2, 0) is 12.7 Å². The smallest absolute Gasteiger partial charge is 0.357 e. The van der Waals surface area contributed by atoms with E-state index >= 15 is 0 Å². The van der Waals surface area contributed by atoms with Gasteiger partial charge in [-0.15, -0.1) is 6.58 Å². The molecule has 1 amide bonds. The first-order valence-electron chi connectivity index (χ1n) is 10.4. The van der Waals surface area contributed by atoms with Gasteiger partial charge in [-0.25, -0.2) is 9.97 Å². The molecule has 11 heteroatoms. The van der Waals surface area contributed by atoms with E-state index in [0.717, 1.165) is 12.3 Å². The topological polar surface area (TPSA) is 87.1 Å². The molecule has 1 N–H and O–H groups in total. The van der Waals surface area contributed by atoms with Gasteiger partial charge in [0.15, 0.2) is 0 Å². The summed E-state index contributed by atoms with van der Waals surface area (Å²) in [6.45, 7) is 4.76. The SMILES string of the molecule is C=CCn1cc(C(=O)N(C)C2CCN(c3nccc(C(F)(F)F)n3)CC2)c2cc[nH]c2c1=O. The van der Waals surface area contributed by atoms with Crippen LogP contribution in [0.3, 0.4) is 0 Å². The molecule has 1 fully saturated rings. The van der Waals surface area contributed by atoms with E-state index in [2.05, 4.69) is 21.5 Å². The van der Waals surface area contributed by atoms with Crippen LogP contribution < -0.4 is 10.5 Å². The van der Waals surface area contributed by atoms with E-state index < -0.39 is 11.9 Å². The number of amides is 1. The van der Waals surface area contributed by atoms with Gasteiger partial charge in [0.1, 0.15) is 11.2 Å². The molecular weight excluding hydrogens is 437 g/mol. The average Bonchev–Trinajstić information content (AvgIpc) is 3.30. The first kappa shape index (κ1) is 22.6. The molecule has 0 unspecified atom stereocenters. The van der Waals surface area contributed by atoms with Gasteiger partial charge in [-0.05, 0) is 25.0 Å². The maximum atomic E-state index is 13.3. The zero-order chi connectivity index (χ0) is 23.8. The van der Waals surface area contributed by atoms with E-state index in [0.29, 0.717) is 42.4 Å². The molecule has 1 saturated heterocycles. The quantitative estimate of drug-likeness (QED) is 0.592. The summed E-state index contributed by atoms with van der Waals surface area (Å²) in [5, 5.41) is 0.548. The highest BCUT2D eigenvalue weighted by atomic mass is 19.4. The monoisotopic (exact) mass is 460 g/mol. The first-order chi connectivity index (χ1) is 15.7.